The molecule has 0 aliphatic heterocycles. The molecule has 1 aliphatic rings. The predicted octanol–water partition coefficient (Wildman–Crippen LogP) is 3.26. The van der Waals surface area contributed by atoms with E-state index in [0.717, 1.165) is 23.3 Å². The molecule has 0 saturated heterocycles. The van der Waals surface area contributed by atoms with Gasteiger partial charge in [0.15, 0.2) is 0 Å². The average Bonchev–Trinajstić information content (AvgIpc) is 2.99. The smallest absolute Gasteiger partial charge is 0.329 e. The Morgan fingerprint density at radius 2 is 2.04 bits per heavy atom. The summed E-state index contributed by atoms with van der Waals surface area (Å²) >= 11 is 1.46. The first-order chi connectivity index (χ1) is 13.3. The molecule has 0 spiro atoms. The van der Waals surface area contributed by atoms with E-state index in [1.807, 2.05) is 0 Å². The van der Waals surface area contributed by atoms with Crippen LogP contribution in [0.5, 0.6) is 0 Å². The van der Waals surface area contributed by atoms with E-state index in [0.29, 0.717) is 29.1 Å². The van der Waals surface area contributed by atoms with Crippen molar-refractivity contribution >= 4 is 33.5 Å². The van der Waals surface area contributed by atoms with E-state index in [9.17, 15) is 14.4 Å². The Morgan fingerprint density at radius 3 is 2.68 bits per heavy atom. The Bertz CT molecular complexity index is 975. The maximum Gasteiger partial charge on any atom is 0.329 e. The van der Waals surface area contributed by atoms with Crippen molar-refractivity contribution in [1.29, 1.82) is 0 Å². The third kappa shape index (κ3) is 3.57. The quantitative estimate of drug-likeness (QED) is 0.708. The molecular formula is C20H26N2O5S. The monoisotopic (exact) mass is 406 g/mol. The van der Waals surface area contributed by atoms with Crippen LogP contribution in [-0.4, -0.2) is 34.2 Å². The van der Waals surface area contributed by atoms with Gasteiger partial charge in [0.05, 0.1) is 24.0 Å². The van der Waals surface area contributed by atoms with E-state index in [1.54, 1.807) is 34.6 Å². The molecule has 28 heavy (non-hydrogen) atoms. The van der Waals surface area contributed by atoms with Gasteiger partial charge in [0.2, 0.25) is 0 Å². The molecule has 0 fully saturated rings. The summed E-state index contributed by atoms with van der Waals surface area (Å²) in [5.74, 6) is -0.785. The van der Waals surface area contributed by atoms with E-state index in [1.165, 1.54) is 15.9 Å². The molecule has 2 unspecified atom stereocenters. The summed E-state index contributed by atoms with van der Waals surface area (Å²) in [5, 5.41) is 0.438. The fraction of sp³-hybridized carbons (Fsp3) is 0.600. The number of nitrogens with zero attached hydrogens (tertiary/aromatic N) is 2. The molecule has 2 aromatic rings. The van der Waals surface area contributed by atoms with Gasteiger partial charge >= 0.3 is 11.9 Å². The van der Waals surface area contributed by atoms with Crippen LogP contribution in [0.4, 0.5) is 0 Å². The minimum atomic E-state index is -0.799. The molecule has 0 N–H and O–H groups in total. The number of carbonyl (C=O) groups is 2. The van der Waals surface area contributed by atoms with Gasteiger partial charge in [0, 0.05) is 4.88 Å². The van der Waals surface area contributed by atoms with E-state index in [2.05, 4.69) is 4.98 Å². The van der Waals surface area contributed by atoms with Crippen LogP contribution in [0.2, 0.25) is 0 Å². The zero-order chi connectivity index (χ0) is 20.6. The third-order valence-corrected chi connectivity index (χ3v) is 6.10. The molecular weight excluding hydrogens is 380 g/mol. The highest BCUT2D eigenvalue weighted by Crippen LogP contribution is 2.41. The van der Waals surface area contributed by atoms with Crippen LogP contribution in [0.25, 0.3) is 10.2 Å². The summed E-state index contributed by atoms with van der Waals surface area (Å²) in [6, 6.07) is -0.799. The summed E-state index contributed by atoms with van der Waals surface area (Å²) in [4.78, 5) is 44.5. The molecule has 0 bridgehead atoms. The molecule has 2 heterocycles. The van der Waals surface area contributed by atoms with Gasteiger partial charge in [0.1, 0.15) is 16.7 Å². The number of carbonyl (C=O) groups excluding carboxylic acids is 2. The SMILES string of the molecule is CCOC(=O)C1CCCc2sc3nc(C)n(C(C)C(=O)OC(C)C)c(=O)c3c21. The van der Waals surface area contributed by atoms with Crippen molar-refractivity contribution in [2.45, 2.75) is 71.9 Å². The molecule has 7 nitrogen and oxygen atoms in total. The van der Waals surface area contributed by atoms with Gasteiger partial charge in [-0.1, -0.05) is 0 Å². The van der Waals surface area contributed by atoms with Crippen LogP contribution in [-0.2, 0) is 25.5 Å². The number of thiophene rings is 1. The summed E-state index contributed by atoms with van der Waals surface area (Å²) in [6.07, 6.45) is 2.06. The standard InChI is InChI=1S/C20H26N2O5S/c1-6-26-20(25)13-8-7-9-14-15(13)16-17(28-14)21-12(5)22(18(16)23)11(4)19(24)27-10(2)3/h10-11,13H,6-9H2,1-5H3. The molecule has 1 aliphatic carbocycles. The van der Waals surface area contributed by atoms with Crippen molar-refractivity contribution in [3.8, 4) is 0 Å². The van der Waals surface area contributed by atoms with Crippen LogP contribution >= 0.6 is 11.3 Å². The molecule has 8 heteroatoms. The van der Waals surface area contributed by atoms with Crippen molar-refractivity contribution in [2.24, 2.45) is 0 Å². The predicted molar refractivity (Wildman–Crippen MR) is 107 cm³/mol. The van der Waals surface area contributed by atoms with Crippen LogP contribution < -0.4 is 5.56 Å². The maximum absolute atomic E-state index is 13.4. The van der Waals surface area contributed by atoms with Gasteiger partial charge in [-0.2, -0.15) is 0 Å². The van der Waals surface area contributed by atoms with Crippen LogP contribution in [0, 0.1) is 6.92 Å². The molecule has 0 aromatic carbocycles. The Labute approximate surface area is 167 Å². The minimum absolute atomic E-state index is 0.273. The van der Waals surface area contributed by atoms with Crippen molar-refractivity contribution in [3.05, 3.63) is 26.6 Å². The Balaban J connectivity index is 2.17. The van der Waals surface area contributed by atoms with E-state index >= 15 is 0 Å². The molecule has 0 amide bonds. The second-order valence-electron chi connectivity index (χ2n) is 7.31. The van der Waals surface area contributed by atoms with Gasteiger partial charge in [-0.3, -0.25) is 14.2 Å². The van der Waals surface area contributed by atoms with Gasteiger partial charge in [-0.25, -0.2) is 9.78 Å². The molecule has 3 rings (SSSR count). The molecule has 0 saturated carbocycles. The number of aromatic nitrogens is 2. The molecule has 2 atom stereocenters. The van der Waals surface area contributed by atoms with Gasteiger partial charge in [-0.05, 0) is 59.4 Å². The number of rotatable bonds is 5. The number of ether oxygens (including phenoxy) is 2. The van der Waals surface area contributed by atoms with Crippen molar-refractivity contribution in [3.63, 3.8) is 0 Å². The lowest BCUT2D eigenvalue weighted by Gasteiger charge is -2.22. The lowest BCUT2D eigenvalue weighted by atomic mass is 9.86. The summed E-state index contributed by atoms with van der Waals surface area (Å²) < 4.78 is 11.9. The number of fused-ring (bicyclic) bond motifs is 3. The van der Waals surface area contributed by atoms with Gasteiger partial charge in [0.25, 0.3) is 5.56 Å². The maximum atomic E-state index is 13.4. The van der Waals surface area contributed by atoms with Crippen molar-refractivity contribution in [1.82, 2.24) is 9.55 Å². The van der Waals surface area contributed by atoms with E-state index < -0.39 is 17.9 Å². The van der Waals surface area contributed by atoms with E-state index in [4.69, 9.17) is 9.47 Å². The number of hydrogen-bond acceptors (Lipinski definition) is 7. The fourth-order valence-electron chi connectivity index (χ4n) is 3.77. The van der Waals surface area contributed by atoms with Crippen LogP contribution in [0.3, 0.4) is 0 Å². The summed E-state index contributed by atoms with van der Waals surface area (Å²) in [7, 11) is 0. The first-order valence-electron chi connectivity index (χ1n) is 9.67. The highest BCUT2D eigenvalue weighted by molar-refractivity contribution is 7.18. The molecule has 2 aromatic heterocycles. The lowest BCUT2D eigenvalue weighted by Crippen LogP contribution is -2.33. The number of aryl methyl sites for hydroxylation is 2. The van der Waals surface area contributed by atoms with Crippen LogP contribution in [0.1, 0.15) is 68.8 Å². The van der Waals surface area contributed by atoms with Crippen molar-refractivity contribution < 1.29 is 19.1 Å². The average molecular weight is 407 g/mol. The fourth-order valence-corrected chi connectivity index (χ4v) is 5.08. The zero-order valence-corrected chi connectivity index (χ0v) is 17.7. The second kappa shape index (κ2) is 8.03. The highest BCUT2D eigenvalue weighted by Gasteiger charge is 2.34. The Kier molecular flexibility index (Phi) is 5.88. The lowest BCUT2D eigenvalue weighted by molar-refractivity contribution is -0.151. The first kappa shape index (κ1) is 20.5. The Morgan fingerprint density at radius 1 is 1.32 bits per heavy atom. The highest BCUT2D eigenvalue weighted by atomic mass is 32.1. The van der Waals surface area contributed by atoms with E-state index in [-0.39, 0.29) is 17.6 Å². The summed E-state index contributed by atoms with van der Waals surface area (Å²) in [6.45, 7) is 8.94. The Hall–Kier alpha value is -2.22. The number of hydrogen-bond donors (Lipinski definition) is 0. The first-order valence-corrected chi connectivity index (χ1v) is 10.5. The normalized spacial score (nSPS) is 17.4. The topological polar surface area (TPSA) is 87.5 Å². The third-order valence-electron chi connectivity index (χ3n) is 4.94. The van der Waals surface area contributed by atoms with Crippen LogP contribution in [0.15, 0.2) is 4.79 Å². The second-order valence-corrected chi connectivity index (χ2v) is 8.40. The number of esters is 2. The molecule has 0 radical (unpaired) electrons. The van der Waals surface area contributed by atoms with Gasteiger partial charge < -0.3 is 9.47 Å². The molecule has 152 valence electrons. The summed E-state index contributed by atoms with van der Waals surface area (Å²) in [5.41, 5.74) is 0.435. The van der Waals surface area contributed by atoms with Gasteiger partial charge in [-0.15, -0.1) is 11.3 Å². The minimum Gasteiger partial charge on any atom is -0.466 e. The zero-order valence-electron chi connectivity index (χ0n) is 16.9. The van der Waals surface area contributed by atoms with Crippen molar-refractivity contribution in [2.75, 3.05) is 6.61 Å². The largest absolute Gasteiger partial charge is 0.466 e.